The molecule has 0 saturated carbocycles. The summed E-state index contributed by atoms with van der Waals surface area (Å²) in [6.07, 6.45) is 3.04. The normalized spacial score (nSPS) is 19.9. The molecule has 2 atom stereocenters. The van der Waals surface area contributed by atoms with Crippen molar-refractivity contribution in [3.8, 4) is 0 Å². The van der Waals surface area contributed by atoms with Crippen LogP contribution in [0.2, 0.25) is 0 Å². The minimum absolute atomic E-state index is 0.00601. The van der Waals surface area contributed by atoms with Gasteiger partial charge in [0.1, 0.15) is 0 Å². The largest absolute Gasteiger partial charge is 0.335 e. The van der Waals surface area contributed by atoms with E-state index in [1.807, 2.05) is 23.1 Å². The maximum Gasteiger partial charge on any atom is 0.240 e. The summed E-state index contributed by atoms with van der Waals surface area (Å²) >= 11 is 3.60. The molecule has 2 rings (SSSR count). The fourth-order valence-corrected chi connectivity index (χ4v) is 3.43. The lowest BCUT2D eigenvalue weighted by molar-refractivity contribution is -0.135. The fourth-order valence-electron chi connectivity index (χ4n) is 2.81. The summed E-state index contributed by atoms with van der Waals surface area (Å²) in [7, 11) is 0. The molecule has 1 N–H and O–H groups in total. The van der Waals surface area contributed by atoms with E-state index in [-0.39, 0.29) is 18.0 Å². The quantitative estimate of drug-likeness (QED) is 0.891. The highest BCUT2D eigenvalue weighted by atomic mass is 79.9. The molecule has 1 heterocycles. The number of halogens is 1. The smallest absolute Gasteiger partial charge is 0.240 e. The number of benzene rings is 1. The third-order valence-corrected chi connectivity index (χ3v) is 4.65. The standard InChI is InChI=1S/C16H23BrN2O/c1-3-11-19(16(20)15-9-6-10-18-15)12(2)13-7-4-5-8-14(13)17/h4-5,7-8,12,15,18H,3,6,9-11H2,1-2H3/t12?,15-/m1/s1. The molecule has 0 aromatic heterocycles. The van der Waals surface area contributed by atoms with Gasteiger partial charge in [0.15, 0.2) is 0 Å². The number of amides is 1. The minimum Gasteiger partial charge on any atom is -0.335 e. The maximum atomic E-state index is 12.7. The van der Waals surface area contributed by atoms with E-state index in [0.29, 0.717) is 0 Å². The van der Waals surface area contributed by atoms with E-state index in [9.17, 15) is 4.79 Å². The molecule has 20 heavy (non-hydrogen) atoms. The van der Waals surface area contributed by atoms with Crippen molar-refractivity contribution in [2.45, 2.75) is 45.2 Å². The molecular weight excluding hydrogens is 316 g/mol. The van der Waals surface area contributed by atoms with Crippen molar-refractivity contribution < 1.29 is 4.79 Å². The van der Waals surface area contributed by atoms with Crippen LogP contribution in [0.5, 0.6) is 0 Å². The van der Waals surface area contributed by atoms with Crippen molar-refractivity contribution >= 4 is 21.8 Å². The zero-order valence-electron chi connectivity index (χ0n) is 12.2. The Bertz CT molecular complexity index is 458. The second-order valence-corrected chi connectivity index (χ2v) is 6.23. The molecule has 1 aliphatic rings. The number of hydrogen-bond donors (Lipinski definition) is 1. The van der Waals surface area contributed by atoms with E-state index in [0.717, 1.165) is 36.8 Å². The van der Waals surface area contributed by atoms with E-state index in [1.54, 1.807) is 0 Å². The van der Waals surface area contributed by atoms with Gasteiger partial charge in [-0.15, -0.1) is 0 Å². The van der Waals surface area contributed by atoms with Crippen molar-refractivity contribution in [1.82, 2.24) is 10.2 Å². The van der Waals surface area contributed by atoms with E-state index in [2.05, 4.69) is 41.2 Å². The molecule has 1 amide bonds. The molecule has 1 aliphatic heterocycles. The lowest BCUT2D eigenvalue weighted by Crippen LogP contribution is -2.45. The predicted molar refractivity (Wildman–Crippen MR) is 85.6 cm³/mol. The highest BCUT2D eigenvalue weighted by molar-refractivity contribution is 9.10. The first-order valence-corrected chi connectivity index (χ1v) is 8.22. The van der Waals surface area contributed by atoms with Gasteiger partial charge in [0.2, 0.25) is 5.91 Å². The van der Waals surface area contributed by atoms with Crippen molar-refractivity contribution in [3.63, 3.8) is 0 Å². The first-order valence-electron chi connectivity index (χ1n) is 7.43. The average molecular weight is 339 g/mol. The molecule has 4 heteroatoms. The monoisotopic (exact) mass is 338 g/mol. The molecule has 1 aromatic rings. The summed E-state index contributed by atoms with van der Waals surface area (Å²) in [5, 5.41) is 3.31. The van der Waals surface area contributed by atoms with Gasteiger partial charge in [-0.1, -0.05) is 41.1 Å². The molecule has 0 aliphatic carbocycles. The minimum atomic E-state index is 0.00601. The third-order valence-electron chi connectivity index (χ3n) is 3.93. The SMILES string of the molecule is CCCN(C(=O)[C@H]1CCCN1)C(C)c1ccccc1Br. The van der Waals surface area contributed by atoms with E-state index >= 15 is 0 Å². The van der Waals surface area contributed by atoms with Crippen molar-refractivity contribution in [2.75, 3.05) is 13.1 Å². The second-order valence-electron chi connectivity index (χ2n) is 5.38. The Balaban J connectivity index is 2.19. The van der Waals surface area contributed by atoms with Crippen LogP contribution < -0.4 is 5.32 Å². The van der Waals surface area contributed by atoms with Gasteiger partial charge < -0.3 is 10.2 Å². The fraction of sp³-hybridized carbons (Fsp3) is 0.562. The van der Waals surface area contributed by atoms with Gasteiger partial charge in [-0.2, -0.15) is 0 Å². The summed E-state index contributed by atoms with van der Waals surface area (Å²) in [5.74, 6) is 0.243. The first-order chi connectivity index (χ1) is 9.65. The van der Waals surface area contributed by atoms with Crippen LogP contribution in [-0.4, -0.2) is 29.9 Å². The average Bonchev–Trinajstić information content (AvgIpc) is 2.98. The van der Waals surface area contributed by atoms with Gasteiger partial charge in [-0.25, -0.2) is 0 Å². The van der Waals surface area contributed by atoms with Crippen LogP contribution in [0.25, 0.3) is 0 Å². The Hall–Kier alpha value is -0.870. The van der Waals surface area contributed by atoms with Gasteiger partial charge >= 0.3 is 0 Å². The summed E-state index contributed by atoms with van der Waals surface area (Å²) in [5.41, 5.74) is 1.17. The van der Waals surface area contributed by atoms with Crippen molar-refractivity contribution in [2.24, 2.45) is 0 Å². The number of rotatable bonds is 5. The van der Waals surface area contributed by atoms with E-state index in [1.165, 1.54) is 5.56 Å². The van der Waals surface area contributed by atoms with E-state index < -0.39 is 0 Å². The van der Waals surface area contributed by atoms with E-state index in [4.69, 9.17) is 0 Å². The Kier molecular flexibility index (Phi) is 5.61. The predicted octanol–water partition coefficient (Wildman–Crippen LogP) is 3.50. The van der Waals surface area contributed by atoms with Gasteiger partial charge in [0, 0.05) is 11.0 Å². The second kappa shape index (κ2) is 7.23. The lowest BCUT2D eigenvalue weighted by atomic mass is 10.0. The summed E-state index contributed by atoms with van der Waals surface area (Å²) in [6, 6.07) is 8.26. The molecular formula is C16H23BrN2O. The molecule has 3 nitrogen and oxygen atoms in total. The Morgan fingerprint density at radius 3 is 2.85 bits per heavy atom. The zero-order chi connectivity index (χ0) is 14.5. The van der Waals surface area contributed by atoms with Crippen LogP contribution >= 0.6 is 15.9 Å². The van der Waals surface area contributed by atoms with Crippen LogP contribution in [0, 0.1) is 0 Å². The lowest BCUT2D eigenvalue weighted by Gasteiger charge is -2.32. The Morgan fingerprint density at radius 1 is 1.50 bits per heavy atom. The van der Waals surface area contributed by atoms with Crippen LogP contribution in [-0.2, 0) is 4.79 Å². The van der Waals surface area contributed by atoms with Crippen LogP contribution in [0.4, 0.5) is 0 Å². The van der Waals surface area contributed by atoms with Crippen LogP contribution in [0.1, 0.15) is 44.7 Å². The number of nitrogens with one attached hydrogen (secondary N) is 1. The summed E-state index contributed by atoms with van der Waals surface area (Å²) in [4.78, 5) is 14.7. The maximum absolute atomic E-state index is 12.7. The number of carbonyl (C=O) groups is 1. The topological polar surface area (TPSA) is 32.3 Å². The molecule has 0 radical (unpaired) electrons. The highest BCUT2D eigenvalue weighted by Gasteiger charge is 2.30. The van der Waals surface area contributed by atoms with Crippen molar-refractivity contribution in [3.05, 3.63) is 34.3 Å². The van der Waals surface area contributed by atoms with Gasteiger partial charge in [0.05, 0.1) is 12.1 Å². The molecule has 1 aromatic carbocycles. The number of nitrogens with zero attached hydrogens (tertiary/aromatic N) is 1. The Morgan fingerprint density at radius 2 is 2.25 bits per heavy atom. The van der Waals surface area contributed by atoms with Crippen LogP contribution in [0.15, 0.2) is 28.7 Å². The Labute approximate surface area is 129 Å². The highest BCUT2D eigenvalue weighted by Crippen LogP contribution is 2.28. The zero-order valence-corrected chi connectivity index (χ0v) is 13.8. The molecule has 0 spiro atoms. The molecule has 0 bridgehead atoms. The van der Waals surface area contributed by atoms with Crippen LogP contribution in [0.3, 0.4) is 0 Å². The van der Waals surface area contributed by atoms with Gasteiger partial charge in [0.25, 0.3) is 0 Å². The van der Waals surface area contributed by atoms with Gasteiger partial charge in [-0.3, -0.25) is 4.79 Å². The summed E-state index contributed by atoms with van der Waals surface area (Å²) < 4.78 is 1.07. The van der Waals surface area contributed by atoms with Gasteiger partial charge in [-0.05, 0) is 44.4 Å². The molecule has 110 valence electrons. The first kappa shape index (κ1) is 15.5. The molecule has 1 saturated heterocycles. The third kappa shape index (κ3) is 3.41. The summed E-state index contributed by atoms with van der Waals surface area (Å²) in [6.45, 7) is 6.00. The number of hydrogen-bond acceptors (Lipinski definition) is 2. The van der Waals surface area contributed by atoms with Crippen molar-refractivity contribution in [1.29, 1.82) is 0 Å². The number of carbonyl (C=O) groups excluding carboxylic acids is 1. The molecule has 1 unspecified atom stereocenters. The molecule has 1 fully saturated rings.